The number of ether oxygens (including phenoxy) is 3. The number of carbonyl (C=O) groups is 1. The number of hydrogen-bond acceptors (Lipinski definition) is 7. The van der Waals surface area contributed by atoms with E-state index in [1.54, 1.807) is 25.1 Å². The molecule has 0 unspecified atom stereocenters. The van der Waals surface area contributed by atoms with E-state index in [2.05, 4.69) is 10.2 Å². The van der Waals surface area contributed by atoms with E-state index < -0.39 is 12.1 Å². The molecule has 3 aromatic rings. The monoisotopic (exact) mass is 370 g/mol. The van der Waals surface area contributed by atoms with E-state index >= 15 is 0 Å². The fraction of sp³-hybridized carbons (Fsp3) is 0.211. The largest absolute Gasteiger partial charge is 0.486 e. The van der Waals surface area contributed by atoms with Crippen molar-refractivity contribution < 1.29 is 27.8 Å². The SMILES string of the molecule is C[C@@H](OC(=O)c1ccc2c(c1)OCCO2)c1nnc(-c2ccc(F)cc2)o1. The second kappa shape index (κ2) is 7.06. The molecule has 0 saturated carbocycles. The highest BCUT2D eigenvalue weighted by atomic mass is 19.1. The van der Waals surface area contributed by atoms with Gasteiger partial charge < -0.3 is 18.6 Å². The van der Waals surface area contributed by atoms with Crippen LogP contribution in [0.5, 0.6) is 11.5 Å². The fourth-order valence-electron chi connectivity index (χ4n) is 2.56. The molecule has 0 amide bonds. The number of halogens is 1. The van der Waals surface area contributed by atoms with Crippen LogP contribution in [0.25, 0.3) is 11.5 Å². The molecule has 8 heteroatoms. The summed E-state index contributed by atoms with van der Waals surface area (Å²) in [5, 5.41) is 7.81. The predicted molar refractivity (Wildman–Crippen MR) is 91.0 cm³/mol. The molecule has 1 aliphatic rings. The molecule has 2 heterocycles. The van der Waals surface area contributed by atoms with E-state index in [9.17, 15) is 9.18 Å². The number of benzene rings is 2. The molecule has 0 fully saturated rings. The molecule has 1 aliphatic heterocycles. The predicted octanol–water partition coefficient (Wildman–Crippen LogP) is 3.56. The standard InChI is InChI=1S/C19H15FN2O5/c1-11(17-21-22-18(27-17)12-2-5-14(20)6-3-12)26-19(23)13-4-7-15-16(10-13)25-9-8-24-15/h2-7,10-11H,8-9H2,1H3/t11-/m1/s1. The molecular formula is C19H15FN2O5. The molecular weight excluding hydrogens is 355 g/mol. The topological polar surface area (TPSA) is 83.7 Å². The van der Waals surface area contributed by atoms with Gasteiger partial charge in [-0.05, 0) is 49.4 Å². The van der Waals surface area contributed by atoms with E-state index in [4.69, 9.17) is 18.6 Å². The smallest absolute Gasteiger partial charge is 0.339 e. The molecule has 0 N–H and O–H groups in total. The molecule has 0 spiro atoms. The fourth-order valence-corrected chi connectivity index (χ4v) is 2.56. The van der Waals surface area contributed by atoms with Gasteiger partial charge in [-0.3, -0.25) is 0 Å². The van der Waals surface area contributed by atoms with Crippen LogP contribution in [-0.2, 0) is 4.74 Å². The Labute approximate surface area is 153 Å². The van der Waals surface area contributed by atoms with Crippen molar-refractivity contribution in [1.29, 1.82) is 0 Å². The number of carbonyl (C=O) groups excluding carboxylic acids is 1. The van der Waals surface area contributed by atoms with Crippen LogP contribution in [0.4, 0.5) is 4.39 Å². The number of aromatic nitrogens is 2. The van der Waals surface area contributed by atoms with Gasteiger partial charge in [0, 0.05) is 5.56 Å². The number of esters is 1. The van der Waals surface area contributed by atoms with E-state index in [0.29, 0.717) is 35.8 Å². The van der Waals surface area contributed by atoms with Gasteiger partial charge in [-0.1, -0.05) is 0 Å². The Balaban J connectivity index is 1.46. The summed E-state index contributed by atoms with van der Waals surface area (Å²) in [6.45, 7) is 2.52. The molecule has 138 valence electrons. The summed E-state index contributed by atoms with van der Waals surface area (Å²) in [5.41, 5.74) is 0.893. The van der Waals surface area contributed by atoms with Crippen LogP contribution in [-0.4, -0.2) is 29.4 Å². The second-order valence-electron chi connectivity index (χ2n) is 5.86. The third-order valence-corrected chi connectivity index (χ3v) is 3.94. The first-order valence-corrected chi connectivity index (χ1v) is 8.30. The van der Waals surface area contributed by atoms with Crippen LogP contribution >= 0.6 is 0 Å². The van der Waals surface area contributed by atoms with Gasteiger partial charge in [-0.2, -0.15) is 0 Å². The Kier molecular flexibility index (Phi) is 4.45. The third-order valence-electron chi connectivity index (χ3n) is 3.94. The average Bonchev–Trinajstić information content (AvgIpc) is 3.18. The Morgan fingerprint density at radius 2 is 1.81 bits per heavy atom. The highest BCUT2D eigenvalue weighted by Crippen LogP contribution is 2.31. The molecule has 1 aromatic heterocycles. The van der Waals surface area contributed by atoms with Crippen LogP contribution in [0.1, 0.15) is 29.3 Å². The molecule has 0 aliphatic carbocycles. The van der Waals surface area contributed by atoms with Crippen molar-refractivity contribution in [2.24, 2.45) is 0 Å². The zero-order chi connectivity index (χ0) is 18.8. The molecule has 27 heavy (non-hydrogen) atoms. The maximum absolute atomic E-state index is 13.0. The first-order valence-electron chi connectivity index (χ1n) is 8.30. The van der Waals surface area contributed by atoms with Crippen LogP contribution in [0.3, 0.4) is 0 Å². The number of rotatable bonds is 4. The lowest BCUT2D eigenvalue weighted by atomic mass is 10.2. The van der Waals surface area contributed by atoms with Crippen molar-refractivity contribution in [2.75, 3.05) is 13.2 Å². The zero-order valence-corrected chi connectivity index (χ0v) is 14.3. The van der Waals surface area contributed by atoms with Crippen molar-refractivity contribution in [2.45, 2.75) is 13.0 Å². The summed E-state index contributed by atoms with van der Waals surface area (Å²) >= 11 is 0. The van der Waals surface area contributed by atoms with Crippen LogP contribution < -0.4 is 9.47 Å². The normalized spacial score (nSPS) is 13.9. The Morgan fingerprint density at radius 1 is 1.07 bits per heavy atom. The maximum atomic E-state index is 13.0. The highest BCUT2D eigenvalue weighted by molar-refractivity contribution is 5.90. The van der Waals surface area contributed by atoms with Crippen LogP contribution in [0.15, 0.2) is 46.9 Å². The summed E-state index contributed by atoms with van der Waals surface area (Å²) in [7, 11) is 0. The molecule has 1 atom stereocenters. The minimum atomic E-state index is -0.757. The Hall–Kier alpha value is -3.42. The van der Waals surface area contributed by atoms with Gasteiger partial charge in [0.15, 0.2) is 17.6 Å². The first-order chi connectivity index (χ1) is 13.1. The van der Waals surface area contributed by atoms with Crippen LogP contribution in [0.2, 0.25) is 0 Å². The van der Waals surface area contributed by atoms with Crippen molar-refractivity contribution in [3.05, 3.63) is 59.7 Å². The maximum Gasteiger partial charge on any atom is 0.339 e. The van der Waals surface area contributed by atoms with E-state index in [-0.39, 0.29) is 17.6 Å². The average molecular weight is 370 g/mol. The van der Waals surface area contributed by atoms with Gasteiger partial charge >= 0.3 is 5.97 Å². The Bertz CT molecular complexity index is 970. The summed E-state index contributed by atoms with van der Waals surface area (Å²) in [6.07, 6.45) is -0.757. The molecule has 2 aromatic carbocycles. The minimum Gasteiger partial charge on any atom is -0.486 e. The number of fused-ring (bicyclic) bond motifs is 1. The number of nitrogens with zero attached hydrogens (tertiary/aromatic N) is 2. The summed E-state index contributed by atoms with van der Waals surface area (Å²) < 4.78 is 34.8. The zero-order valence-electron chi connectivity index (χ0n) is 14.3. The van der Waals surface area contributed by atoms with Gasteiger partial charge in [0.05, 0.1) is 5.56 Å². The van der Waals surface area contributed by atoms with Gasteiger partial charge in [0.2, 0.25) is 5.89 Å². The van der Waals surface area contributed by atoms with E-state index in [1.165, 1.54) is 24.3 Å². The lowest BCUT2D eigenvalue weighted by Crippen LogP contribution is -2.16. The van der Waals surface area contributed by atoms with E-state index in [1.807, 2.05) is 0 Å². The molecule has 4 rings (SSSR count). The van der Waals surface area contributed by atoms with Gasteiger partial charge in [-0.15, -0.1) is 10.2 Å². The van der Waals surface area contributed by atoms with Crippen LogP contribution in [0, 0.1) is 5.82 Å². The third kappa shape index (κ3) is 3.59. The number of hydrogen-bond donors (Lipinski definition) is 0. The lowest BCUT2D eigenvalue weighted by molar-refractivity contribution is 0.0279. The van der Waals surface area contributed by atoms with Crippen molar-refractivity contribution >= 4 is 5.97 Å². The summed E-state index contributed by atoms with van der Waals surface area (Å²) in [5.74, 6) is 0.528. The highest BCUT2D eigenvalue weighted by Gasteiger charge is 2.22. The summed E-state index contributed by atoms with van der Waals surface area (Å²) in [4.78, 5) is 12.4. The Morgan fingerprint density at radius 3 is 2.59 bits per heavy atom. The second-order valence-corrected chi connectivity index (χ2v) is 5.86. The van der Waals surface area contributed by atoms with Crippen molar-refractivity contribution in [3.63, 3.8) is 0 Å². The lowest BCUT2D eigenvalue weighted by Gasteiger charge is -2.18. The van der Waals surface area contributed by atoms with Crippen molar-refractivity contribution in [3.8, 4) is 23.0 Å². The molecule has 0 bridgehead atoms. The first kappa shape index (κ1) is 17.0. The molecule has 0 saturated heterocycles. The quantitative estimate of drug-likeness (QED) is 0.649. The molecule has 7 nitrogen and oxygen atoms in total. The van der Waals surface area contributed by atoms with Gasteiger partial charge in [-0.25, -0.2) is 9.18 Å². The van der Waals surface area contributed by atoms with E-state index in [0.717, 1.165) is 0 Å². The van der Waals surface area contributed by atoms with Crippen molar-refractivity contribution in [1.82, 2.24) is 10.2 Å². The summed E-state index contributed by atoms with van der Waals surface area (Å²) in [6, 6.07) is 10.5. The van der Waals surface area contributed by atoms with Gasteiger partial charge in [0.25, 0.3) is 5.89 Å². The molecule has 0 radical (unpaired) electrons. The van der Waals surface area contributed by atoms with Gasteiger partial charge in [0.1, 0.15) is 19.0 Å². The minimum absolute atomic E-state index is 0.139.